The summed E-state index contributed by atoms with van der Waals surface area (Å²) < 4.78 is 0. The van der Waals surface area contributed by atoms with Crippen molar-refractivity contribution in [2.75, 3.05) is 21.3 Å². The molecule has 5 aromatic rings. The summed E-state index contributed by atoms with van der Waals surface area (Å²) in [6.45, 7) is 6.07. The van der Waals surface area contributed by atoms with Crippen LogP contribution < -0.4 is 21.3 Å². The molecule has 0 radical (unpaired) electrons. The average molecular weight is 848 g/mol. The second-order valence-electron chi connectivity index (χ2n) is 13.3. The minimum absolute atomic E-state index is 0.148. The topological polar surface area (TPSA) is 200 Å². The smallest absolute Gasteiger partial charge is 0.258 e. The fourth-order valence-electron chi connectivity index (χ4n) is 5.77. The van der Waals surface area contributed by atoms with E-state index in [-0.39, 0.29) is 32.5 Å². The van der Waals surface area contributed by atoms with Gasteiger partial charge in [-0.3, -0.25) is 28.8 Å². The van der Waals surface area contributed by atoms with Crippen LogP contribution in [-0.2, 0) is 32.0 Å². The number of rotatable bonds is 16. The molecule has 5 rings (SSSR count). The molecule has 306 valence electrons. The first-order valence-corrected chi connectivity index (χ1v) is 19.4. The first-order valence-electron chi connectivity index (χ1n) is 18.7. The van der Waals surface area contributed by atoms with Crippen LogP contribution in [0.15, 0.2) is 130 Å². The minimum atomic E-state index is -1.55. The third kappa shape index (κ3) is 12.1. The van der Waals surface area contributed by atoms with Gasteiger partial charge in [0.05, 0.1) is 11.4 Å². The fourth-order valence-corrected chi connectivity index (χ4v) is 6.23. The van der Waals surface area contributed by atoms with Gasteiger partial charge in [0, 0.05) is 43.9 Å². The van der Waals surface area contributed by atoms with Crippen LogP contribution in [0.4, 0.5) is 34.1 Å². The zero-order valence-electron chi connectivity index (χ0n) is 33.0. The predicted octanol–water partition coefficient (Wildman–Crippen LogP) is 9.98. The van der Waals surface area contributed by atoms with Crippen LogP contribution in [0.1, 0.15) is 59.5 Å². The second kappa shape index (κ2) is 20.7. The molecule has 14 nitrogen and oxygen atoms in total. The Balaban J connectivity index is 1.31. The lowest BCUT2D eigenvalue weighted by molar-refractivity contribution is -0.127. The maximum atomic E-state index is 13.5. The van der Waals surface area contributed by atoms with Crippen molar-refractivity contribution in [3.8, 4) is 0 Å². The van der Waals surface area contributed by atoms with Crippen molar-refractivity contribution >= 4 is 92.5 Å². The highest BCUT2D eigenvalue weighted by molar-refractivity contribution is 6.31. The van der Waals surface area contributed by atoms with Gasteiger partial charge >= 0.3 is 0 Å². The third-order valence-corrected chi connectivity index (χ3v) is 9.24. The van der Waals surface area contributed by atoms with E-state index in [2.05, 4.69) is 41.7 Å². The van der Waals surface area contributed by atoms with Gasteiger partial charge < -0.3 is 21.3 Å². The highest BCUT2D eigenvalue weighted by Gasteiger charge is 2.27. The first-order chi connectivity index (χ1) is 28.7. The molecule has 0 aromatic heterocycles. The molecule has 0 aliphatic heterocycles. The second-order valence-corrected chi connectivity index (χ2v) is 14.2. The summed E-state index contributed by atoms with van der Waals surface area (Å²) in [4.78, 5) is 78.2. The van der Waals surface area contributed by atoms with Crippen LogP contribution in [-0.4, -0.2) is 47.3 Å². The van der Waals surface area contributed by atoms with Gasteiger partial charge in [-0.15, -0.1) is 0 Å². The maximum absolute atomic E-state index is 13.5. The molecule has 5 aromatic carbocycles. The van der Waals surface area contributed by atoms with Crippen molar-refractivity contribution < 1.29 is 28.8 Å². The molecule has 0 saturated heterocycles. The van der Waals surface area contributed by atoms with E-state index in [4.69, 9.17) is 23.2 Å². The van der Waals surface area contributed by atoms with Gasteiger partial charge in [0.25, 0.3) is 23.6 Å². The number of aryl methyl sites for hydroxylation is 2. The number of nitrogens with one attached hydrogen (secondary N) is 4. The van der Waals surface area contributed by atoms with Gasteiger partial charge in [0.2, 0.25) is 12.1 Å². The molecule has 0 spiro atoms. The van der Waals surface area contributed by atoms with Gasteiger partial charge in [-0.2, -0.15) is 20.5 Å². The van der Waals surface area contributed by atoms with E-state index in [0.717, 1.165) is 0 Å². The van der Waals surface area contributed by atoms with E-state index in [1.54, 1.807) is 60.7 Å². The molecule has 2 unspecified atom stereocenters. The summed E-state index contributed by atoms with van der Waals surface area (Å²) >= 11 is 12.5. The number of halogens is 2. The van der Waals surface area contributed by atoms with E-state index in [9.17, 15) is 28.8 Å². The normalized spacial score (nSPS) is 12.1. The number of hydrogen-bond acceptors (Lipinski definition) is 10. The molecule has 0 heterocycles. The summed E-state index contributed by atoms with van der Waals surface area (Å²) in [6, 6.07) is 26.5. The van der Waals surface area contributed by atoms with Crippen molar-refractivity contribution in [3.63, 3.8) is 0 Å². The molecule has 0 fully saturated rings. The van der Waals surface area contributed by atoms with Crippen molar-refractivity contribution in [2.45, 2.75) is 52.6 Å². The molecule has 0 saturated carbocycles. The molecule has 0 aliphatic carbocycles. The van der Waals surface area contributed by atoms with E-state index in [1.165, 1.54) is 50.2 Å². The molecule has 60 heavy (non-hydrogen) atoms. The molecular weight excluding hydrogens is 807 g/mol. The van der Waals surface area contributed by atoms with Crippen molar-refractivity contribution in [3.05, 3.63) is 141 Å². The number of carbonyl (C=O) groups excluding carboxylic acids is 6. The molecule has 0 bridgehead atoms. The monoisotopic (exact) mass is 846 g/mol. The summed E-state index contributed by atoms with van der Waals surface area (Å²) in [5.74, 6) is -3.60. The Labute approximate surface area is 355 Å². The number of Topliss-reactive ketones (excluding diaryl/α,β-unsaturated/α-hetero) is 2. The number of nitrogens with zero attached hydrogens (tertiary/aromatic N) is 4. The number of azo groups is 2. The Morgan fingerprint density at radius 2 is 0.883 bits per heavy atom. The molecule has 4 amide bonds. The van der Waals surface area contributed by atoms with Gasteiger partial charge in [0.15, 0.2) is 11.6 Å². The number of benzene rings is 5. The quantitative estimate of drug-likeness (QED) is 0.0562. The lowest BCUT2D eigenvalue weighted by Gasteiger charge is -2.18. The number of para-hydroxylation sites is 2. The van der Waals surface area contributed by atoms with Crippen molar-refractivity contribution in [2.24, 2.45) is 20.5 Å². The number of ketones is 2. The highest BCUT2D eigenvalue weighted by Crippen LogP contribution is 2.29. The van der Waals surface area contributed by atoms with Gasteiger partial charge in [-0.1, -0.05) is 73.4 Å². The number of hydrogen-bond donors (Lipinski definition) is 4. The molecule has 0 aliphatic rings. The van der Waals surface area contributed by atoms with E-state index in [0.29, 0.717) is 46.7 Å². The maximum Gasteiger partial charge on any atom is 0.258 e. The van der Waals surface area contributed by atoms with Crippen LogP contribution in [0.5, 0.6) is 0 Å². The molecule has 16 heteroatoms. The van der Waals surface area contributed by atoms with Crippen LogP contribution in [0.2, 0.25) is 10.0 Å². The van der Waals surface area contributed by atoms with E-state index < -0.39 is 47.3 Å². The lowest BCUT2D eigenvalue weighted by Crippen LogP contribution is -2.33. The Morgan fingerprint density at radius 3 is 1.22 bits per heavy atom. The van der Waals surface area contributed by atoms with Crippen LogP contribution in [0.3, 0.4) is 0 Å². The minimum Gasteiger partial charge on any atom is -0.323 e. The Kier molecular flexibility index (Phi) is 15.2. The van der Waals surface area contributed by atoms with Gasteiger partial charge in [-0.05, 0) is 111 Å². The van der Waals surface area contributed by atoms with Gasteiger partial charge in [-0.25, -0.2) is 0 Å². The largest absolute Gasteiger partial charge is 0.323 e. The number of anilines is 4. The average Bonchev–Trinajstić information content (AvgIpc) is 3.21. The summed E-state index contributed by atoms with van der Waals surface area (Å²) in [5, 5.41) is 27.6. The fraction of sp³-hybridized carbons (Fsp3) is 0.182. The number of carbonyl (C=O) groups is 6. The highest BCUT2D eigenvalue weighted by atomic mass is 35.5. The van der Waals surface area contributed by atoms with Crippen molar-refractivity contribution in [1.82, 2.24) is 0 Å². The Morgan fingerprint density at radius 1 is 0.517 bits per heavy atom. The molecule has 2 atom stereocenters. The van der Waals surface area contributed by atoms with Crippen LogP contribution >= 0.6 is 23.2 Å². The lowest BCUT2D eigenvalue weighted by atomic mass is 10.0. The number of amides is 4. The predicted molar refractivity (Wildman–Crippen MR) is 232 cm³/mol. The summed E-state index contributed by atoms with van der Waals surface area (Å²) in [7, 11) is 0. The Bertz CT molecular complexity index is 2320. The van der Waals surface area contributed by atoms with E-state index >= 15 is 0 Å². The van der Waals surface area contributed by atoms with Crippen molar-refractivity contribution in [1.29, 1.82) is 0 Å². The SMILES string of the molecule is CCc1cc(NC(=O)C(N=Nc2cc(Cl)cc(C(=O)Nc3ccccc3)c2)C(C)=O)c(CC)cc1NC(=O)C(N=Nc1cc(Cl)cc(C(=O)Nc2ccccc2)c1)C(C)=O. The van der Waals surface area contributed by atoms with Gasteiger partial charge in [0.1, 0.15) is 0 Å². The standard InChI is InChI=1S/C44H40Cl2N8O6/c1-5-27-21-38(50-44(60)40(26(4)56)54-52-36-20-30(18-32(46)24-36)42(58)48-34-15-11-8-12-16-34)28(6-2)22-37(27)49-43(59)39(25(3)55)53-51-35-19-29(17-31(45)23-35)41(57)47-33-13-9-7-10-14-33/h7-24,39-40H,5-6H2,1-4H3,(H,47,57)(H,48,58)(H,49,59)(H,50,60). The van der Waals surface area contributed by atoms with Crippen LogP contribution in [0, 0.1) is 0 Å². The Hall–Kier alpha value is -6.90. The zero-order valence-corrected chi connectivity index (χ0v) is 34.5. The zero-order chi connectivity index (χ0) is 43.3. The van der Waals surface area contributed by atoms with E-state index in [1.807, 2.05) is 26.0 Å². The third-order valence-electron chi connectivity index (χ3n) is 8.80. The summed E-state index contributed by atoms with van der Waals surface area (Å²) in [5.41, 5.74) is 3.76. The first kappa shape index (κ1) is 44.2. The van der Waals surface area contributed by atoms with Crippen LogP contribution in [0.25, 0.3) is 0 Å². The molecule has 4 N–H and O–H groups in total. The molecular formula is C44H40Cl2N8O6. The summed E-state index contributed by atoms with van der Waals surface area (Å²) in [6.07, 6.45) is 0.797.